The summed E-state index contributed by atoms with van der Waals surface area (Å²) in [5.74, 6) is 0.558. The number of nitrogens with zero attached hydrogens (tertiary/aromatic N) is 1. The zero-order chi connectivity index (χ0) is 12.9. The van der Waals surface area contributed by atoms with Gasteiger partial charge in [0.15, 0.2) is 5.96 Å². The van der Waals surface area contributed by atoms with Gasteiger partial charge in [0.1, 0.15) is 0 Å². The molecule has 0 aliphatic carbocycles. The van der Waals surface area contributed by atoms with Crippen LogP contribution in [-0.2, 0) is 14.3 Å². The molecule has 7 heteroatoms. The molecule has 0 heterocycles. The molecule has 0 aliphatic heterocycles. The van der Waals surface area contributed by atoms with E-state index in [0.29, 0.717) is 38.7 Å². The third kappa shape index (κ3) is 11.9. The topological polar surface area (TPSA) is 72.0 Å². The highest BCUT2D eigenvalue weighted by molar-refractivity contribution is 14.0. The monoisotopic (exact) mass is 373 g/mol. The first-order chi connectivity index (χ1) is 8.24. The molecule has 0 atom stereocenters. The Morgan fingerprint density at radius 3 is 2.50 bits per heavy atom. The number of halogens is 1. The van der Waals surface area contributed by atoms with Crippen LogP contribution in [0.25, 0.3) is 0 Å². The summed E-state index contributed by atoms with van der Waals surface area (Å²) in [5.41, 5.74) is 0. The maximum absolute atomic E-state index is 11.1. The Morgan fingerprint density at radius 2 is 1.94 bits per heavy atom. The van der Waals surface area contributed by atoms with E-state index < -0.39 is 0 Å². The molecule has 0 bridgehead atoms. The lowest BCUT2D eigenvalue weighted by molar-refractivity contribution is -0.143. The first kappa shape index (κ1) is 19.8. The summed E-state index contributed by atoms with van der Waals surface area (Å²) in [5, 5.41) is 6.18. The first-order valence-electron chi connectivity index (χ1n) is 5.83. The SMILES string of the molecule is CCOC(=O)CCCNC(=NC)NCCOC.I. The van der Waals surface area contributed by atoms with E-state index in [-0.39, 0.29) is 29.9 Å². The number of rotatable bonds is 8. The molecule has 0 aromatic heterocycles. The minimum absolute atomic E-state index is 0. The fourth-order valence-electron chi connectivity index (χ4n) is 1.16. The Morgan fingerprint density at radius 1 is 1.28 bits per heavy atom. The average molecular weight is 373 g/mol. The van der Waals surface area contributed by atoms with Gasteiger partial charge >= 0.3 is 5.97 Å². The molecule has 0 aromatic carbocycles. The van der Waals surface area contributed by atoms with Gasteiger partial charge in [-0.15, -0.1) is 24.0 Å². The maximum atomic E-state index is 11.1. The van der Waals surface area contributed by atoms with Crippen LogP contribution in [0.5, 0.6) is 0 Å². The van der Waals surface area contributed by atoms with Gasteiger partial charge in [0, 0.05) is 33.7 Å². The van der Waals surface area contributed by atoms with Gasteiger partial charge in [-0.25, -0.2) is 0 Å². The number of carbonyl (C=O) groups excluding carboxylic acids is 1. The highest BCUT2D eigenvalue weighted by atomic mass is 127. The fourth-order valence-corrected chi connectivity index (χ4v) is 1.16. The molecule has 0 spiro atoms. The number of hydrogen-bond acceptors (Lipinski definition) is 4. The van der Waals surface area contributed by atoms with Crippen molar-refractivity contribution in [3.63, 3.8) is 0 Å². The third-order valence-electron chi connectivity index (χ3n) is 1.98. The average Bonchev–Trinajstić information content (AvgIpc) is 2.32. The number of esters is 1. The lowest BCUT2D eigenvalue weighted by Crippen LogP contribution is -2.39. The van der Waals surface area contributed by atoms with Crippen LogP contribution < -0.4 is 10.6 Å². The first-order valence-corrected chi connectivity index (χ1v) is 5.83. The van der Waals surface area contributed by atoms with E-state index in [4.69, 9.17) is 9.47 Å². The van der Waals surface area contributed by atoms with E-state index in [0.717, 1.165) is 6.42 Å². The zero-order valence-corrected chi connectivity index (χ0v) is 13.7. The fraction of sp³-hybridized carbons (Fsp3) is 0.818. The lowest BCUT2D eigenvalue weighted by Gasteiger charge is -2.11. The van der Waals surface area contributed by atoms with Gasteiger partial charge in [0.2, 0.25) is 0 Å². The van der Waals surface area contributed by atoms with Crippen LogP contribution in [0.4, 0.5) is 0 Å². The number of carbonyl (C=O) groups is 1. The van der Waals surface area contributed by atoms with E-state index in [1.54, 1.807) is 21.1 Å². The second kappa shape index (κ2) is 14.5. The summed E-state index contributed by atoms with van der Waals surface area (Å²) < 4.78 is 9.74. The van der Waals surface area contributed by atoms with E-state index in [9.17, 15) is 4.79 Å². The second-order valence-corrected chi connectivity index (χ2v) is 3.33. The minimum Gasteiger partial charge on any atom is -0.466 e. The van der Waals surface area contributed by atoms with E-state index >= 15 is 0 Å². The predicted octanol–water partition coefficient (Wildman–Crippen LogP) is 0.759. The van der Waals surface area contributed by atoms with Crippen LogP contribution in [-0.4, -0.2) is 52.4 Å². The molecule has 0 aromatic rings. The molecule has 0 aliphatic rings. The molecule has 2 N–H and O–H groups in total. The Kier molecular flexibility index (Phi) is 15.9. The Bertz CT molecular complexity index is 238. The van der Waals surface area contributed by atoms with E-state index in [1.165, 1.54) is 0 Å². The molecule has 0 rings (SSSR count). The van der Waals surface area contributed by atoms with Gasteiger partial charge in [0.25, 0.3) is 0 Å². The lowest BCUT2D eigenvalue weighted by atomic mass is 10.3. The molecule has 0 saturated heterocycles. The summed E-state index contributed by atoms with van der Waals surface area (Å²) in [6.45, 7) is 4.26. The van der Waals surface area contributed by atoms with Crippen LogP contribution in [0.2, 0.25) is 0 Å². The summed E-state index contributed by atoms with van der Waals surface area (Å²) in [6.07, 6.45) is 1.15. The number of guanidine groups is 1. The molecular formula is C11H24IN3O3. The van der Waals surface area contributed by atoms with Gasteiger partial charge in [-0.2, -0.15) is 0 Å². The van der Waals surface area contributed by atoms with Crippen molar-refractivity contribution in [1.29, 1.82) is 0 Å². The van der Waals surface area contributed by atoms with Crippen molar-refractivity contribution in [1.82, 2.24) is 10.6 Å². The highest BCUT2D eigenvalue weighted by Gasteiger charge is 2.01. The maximum Gasteiger partial charge on any atom is 0.305 e. The van der Waals surface area contributed by atoms with Crippen LogP contribution in [0.3, 0.4) is 0 Å². The van der Waals surface area contributed by atoms with E-state index in [2.05, 4.69) is 15.6 Å². The van der Waals surface area contributed by atoms with Crippen LogP contribution in [0, 0.1) is 0 Å². The van der Waals surface area contributed by atoms with Gasteiger partial charge in [-0.3, -0.25) is 9.79 Å². The number of methoxy groups -OCH3 is 1. The molecule has 0 fully saturated rings. The van der Waals surface area contributed by atoms with Crippen LogP contribution >= 0.6 is 24.0 Å². The van der Waals surface area contributed by atoms with Crippen LogP contribution in [0.15, 0.2) is 4.99 Å². The van der Waals surface area contributed by atoms with Crippen molar-refractivity contribution >= 4 is 35.9 Å². The Labute approximate surface area is 126 Å². The molecule has 0 saturated carbocycles. The number of nitrogens with one attached hydrogen (secondary N) is 2. The quantitative estimate of drug-likeness (QED) is 0.216. The number of aliphatic imine (C=N–C) groups is 1. The van der Waals surface area contributed by atoms with E-state index in [1.807, 2.05) is 0 Å². The predicted molar refractivity (Wildman–Crippen MR) is 82.5 cm³/mol. The summed E-state index contributed by atoms with van der Waals surface area (Å²) in [6, 6.07) is 0. The van der Waals surface area contributed by atoms with Gasteiger partial charge in [0.05, 0.1) is 13.2 Å². The smallest absolute Gasteiger partial charge is 0.305 e. The summed E-state index contributed by atoms with van der Waals surface area (Å²) in [7, 11) is 3.35. The van der Waals surface area contributed by atoms with Gasteiger partial charge in [-0.05, 0) is 13.3 Å². The zero-order valence-electron chi connectivity index (χ0n) is 11.3. The van der Waals surface area contributed by atoms with Crippen LogP contribution in [0.1, 0.15) is 19.8 Å². The summed E-state index contributed by atoms with van der Waals surface area (Å²) in [4.78, 5) is 15.1. The minimum atomic E-state index is -0.156. The number of hydrogen-bond donors (Lipinski definition) is 2. The van der Waals surface area contributed by atoms with Crippen molar-refractivity contribution < 1.29 is 14.3 Å². The molecule has 0 unspecified atom stereocenters. The number of ether oxygens (including phenoxy) is 2. The highest BCUT2D eigenvalue weighted by Crippen LogP contribution is 1.91. The normalized spacial score (nSPS) is 10.5. The molecule has 0 radical (unpaired) electrons. The molecule has 108 valence electrons. The second-order valence-electron chi connectivity index (χ2n) is 3.33. The van der Waals surface area contributed by atoms with Crippen molar-refractivity contribution in [2.24, 2.45) is 4.99 Å². The van der Waals surface area contributed by atoms with Crippen molar-refractivity contribution in [2.75, 3.05) is 40.5 Å². The van der Waals surface area contributed by atoms with Crippen molar-refractivity contribution in [2.45, 2.75) is 19.8 Å². The van der Waals surface area contributed by atoms with Crippen molar-refractivity contribution in [3.05, 3.63) is 0 Å². The van der Waals surface area contributed by atoms with Crippen molar-refractivity contribution in [3.8, 4) is 0 Å². The van der Waals surface area contributed by atoms with Gasteiger partial charge in [-0.1, -0.05) is 0 Å². The molecule has 0 amide bonds. The molecular weight excluding hydrogens is 349 g/mol. The molecule has 6 nitrogen and oxygen atoms in total. The Balaban J connectivity index is 0. The third-order valence-corrected chi connectivity index (χ3v) is 1.98. The molecule has 18 heavy (non-hydrogen) atoms. The summed E-state index contributed by atoms with van der Waals surface area (Å²) >= 11 is 0. The largest absolute Gasteiger partial charge is 0.466 e. The van der Waals surface area contributed by atoms with Gasteiger partial charge < -0.3 is 20.1 Å². The standard InChI is InChI=1S/C11H23N3O3.HI/c1-4-17-10(15)6-5-7-13-11(12-2)14-8-9-16-3;/h4-9H2,1-3H3,(H2,12,13,14);1H. The Hall–Kier alpha value is -0.570.